The summed E-state index contributed by atoms with van der Waals surface area (Å²) in [7, 11) is 4.35. The Morgan fingerprint density at radius 2 is 1.83 bits per heavy atom. The molecule has 0 bridgehead atoms. The van der Waals surface area contributed by atoms with Gasteiger partial charge in [-0.3, -0.25) is 9.89 Å². The fraction of sp³-hybridized carbons (Fsp3) is 0.333. The van der Waals surface area contributed by atoms with Crippen LogP contribution in [-0.2, 0) is 0 Å². The number of rotatable bonds is 11. The van der Waals surface area contributed by atoms with E-state index in [-0.39, 0.29) is 0 Å². The quantitative estimate of drug-likeness (QED) is 0.123. The molecule has 1 atom stereocenters. The molecule has 3 aromatic heterocycles. The highest BCUT2D eigenvalue weighted by molar-refractivity contribution is 7.31. The van der Waals surface area contributed by atoms with Crippen LogP contribution in [0.1, 0.15) is 43.6 Å². The van der Waals surface area contributed by atoms with Crippen molar-refractivity contribution in [2.45, 2.75) is 32.2 Å². The first-order chi connectivity index (χ1) is 20.0. The Hall–Kier alpha value is -3.30. The smallest absolute Gasteiger partial charge is 0.124 e. The predicted molar refractivity (Wildman–Crippen MR) is 178 cm³/mol. The largest absolute Gasteiger partial charge is 0.388 e. The molecule has 212 valence electrons. The van der Waals surface area contributed by atoms with Gasteiger partial charge in [-0.2, -0.15) is 0 Å². The first-order valence-corrected chi connectivity index (χ1v) is 16.1. The van der Waals surface area contributed by atoms with Gasteiger partial charge in [0.15, 0.2) is 0 Å². The first-order valence-electron chi connectivity index (χ1n) is 14.5. The van der Waals surface area contributed by atoms with Crippen LogP contribution in [0, 0.1) is 0 Å². The number of aliphatic imine (C=N–C) groups is 1. The highest BCUT2D eigenvalue weighted by Crippen LogP contribution is 2.42. The summed E-state index contributed by atoms with van der Waals surface area (Å²) in [6.07, 6.45) is 5.55. The number of hydrogen-bond acceptors (Lipinski definition) is 7. The van der Waals surface area contributed by atoms with Gasteiger partial charge in [-0.05, 0) is 88.6 Å². The van der Waals surface area contributed by atoms with Crippen molar-refractivity contribution in [1.82, 2.24) is 25.1 Å². The van der Waals surface area contributed by atoms with Crippen LogP contribution in [-0.4, -0.2) is 66.8 Å². The third-order valence-corrected chi connectivity index (χ3v) is 10.3. The highest BCUT2D eigenvalue weighted by Gasteiger charge is 2.25. The van der Waals surface area contributed by atoms with E-state index in [1.807, 2.05) is 28.9 Å². The summed E-state index contributed by atoms with van der Waals surface area (Å²) < 4.78 is 2.65. The molecule has 41 heavy (non-hydrogen) atoms. The number of aromatic amines is 1. The maximum Gasteiger partial charge on any atom is 0.124 e. The molecule has 4 heterocycles. The standard InChI is InChI=1S/C33H38N6S2/c1-5-15-38(3)17-14-35-21-27(34-2)22-8-10-23(11-9-22)29-19-31-32(40-29)20-30(41-31)24-12-13-25-26(18-24)37-33(36-25)28-7-6-16-39(28)4/h8-13,18-21,28,35H,2,5-7,14-17H2,1,3-4H3,(H,36,37)/b27-21-. The van der Waals surface area contributed by atoms with Gasteiger partial charge in [-0.1, -0.05) is 37.3 Å². The second-order valence-electron chi connectivity index (χ2n) is 11.0. The van der Waals surface area contributed by atoms with Crippen LogP contribution < -0.4 is 5.32 Å². The predicted octanol–water partition coefficient (Wildman–Crippen LogP) is 7.87. The lowest BCUT2D eigenvalue weighted by Gasteiger charge is -2.16. The van der Waals surface area contributed by atoms with Crippen molar-refractivity contribution in [2.75, 3.05) is 40.3 Å². The van der Waals surface area contributed by atoms with Crippen LogP contribution in [0.2, 0.25) is 0 Å². The molecule has 6 nitrogen and oxygen atoms in total. The second-order valence-corrected chi connectivity index (χ2v) is 13.1. The van der Waals surface area contributed by atoms with Gasteiger partial charge in [0.1, 0.15) is 5.82 Å². The zero-order valence-electron chi connectivity index (χ0n) is 24.1. The van der Waals surface area contributed by atoms with Crippen LogP contribution in [0.15, 0.2) is 65.8 Å². The number of thiophene rings is 2. The van der Waals surface area contributed by atoms with Gasteiger partial charge in [0.05, 0.1) is 22.8 Å². The number of H-pyrrole nitrogens is 1. The minimum Gasteiger partial charge on any atom is -0.388 e. The minimum absolute atomic E-state index is 0.403. The Labute approximate surface area is 250 Å². The maximum absolute atomic E-state index is 4.90. The molecule has 5 aromatic rings. The highest BCUT2D eigenvalue weighted by atomic mass is 32.1. The molecule has 1 fully saturated rings. The normalized spacial score (nSPS) is 16.4. The van der Waals surface area contributed by atoms with Crippen LogP contribution in [0.25, 0.3) is 47.0 Å². The summed E-state index contributed by atoms with van der Waals surface area (Å²) in [6, 6.07) is 20.3. The van der Waals surface area contributed by atoms with Gasteiger partial charge in [0.25, 0.3) is 0 Å². The fourth-order valence-electron chi connectivity index (χ4n) is 5.66. The molecule has 8 heteroatoms. The summed E-state index contributed by atoms with van der Waals surface area (Å²) in [4.78, 5) is 20.1. The lowest BCUT2D eigenvalue weighted by Crippen LogP contribution is -2.27. The van der Waals surface area contributed by atoms with Crippen LogP contribution in [0.4, 0.5) is 0 Å². The van der Waals surface area contributed by atoms with Gasteiger partial charge in [-0.15, -0.1) is 22.7 Å². The molecule has 6 rings (SSSR count). The van der Waals surface area contributed by atoms with E-state index in [4.69, 9.17) is 4.98 Å². The molecule has 1 aliphatic heterocycles. The van der Waals surface area contributed by atoms with E-state index in [0.29, 0.717) is 6.04 Å². The Bertz CT molecular complexity index is 1640. The Morgan fingerprint density at radius 3 is 2.51 bits per heavy atom. The van der Waals surface area contributed by atoms with E-state index in [9.17, 15) is 0 Å². The van der Waals surface area contributed by atoms with Crippen LogP contribution in [0.3, 0.4) is 0 Å². The molecule has 2 aromatic carbocycles. The molecule has 1 aliphatic rings. The second kappa shape index (κ2) is 12.3. The van der Waals surface area contributed by atoms with E-state index in [0.717, 1.165) is 54.3 Å². The monoisotopic (exact) mass is 582 g/mol. The van der Waals surface area contributed by atoms with Crippen molar-refractivity contribution in [2.24, 2.45) is 4.99 Å². The van der Waals surface area contributed by atoms with Gasteiger partial charge in [0.2, 0.25) is 0 Å². The summed E-state index contributed by atoms with van der Waals surface area (Å²) in [5.74, 6) is 1.10. The number of likely N-dealkylation sites (tertiary alicyclic amines) is 1. The zero-order valence-corrected chi connectivity index (χ0v) is 25.7. The van der Waals surface area contributed by atoms with E-state index in [2.05, 4.69) is 107 Å². The summed E-state index contributed by atoms with van der Waals surface area (Å²) in [6.45, 7) is 10.1. The van der Waals surface area contributed by atoms with Crippen molar-refractivity contribution in [3.63, 3.8) is 0 Å². The van der Waals surface area contributed by atoms with Gasteiger partial charge in [0, 0.05) is 44.0 Å². The Morgan fingerprint density at radius 1 is 1.10 bits per heavy atom. The van der Waals surface area contributed by atoms with E-state index >= 15 is 0 Å². The summed E-state index contributed by atoms with van der Waals surface area (Å²) in [5, 5.41) is 3.39. The Kier molecular flexibility index (Phi) is 8.35. The lowest BCUT2D eigenvalue weighted by atomic mass is 10.1. The van der Waals surface area contributed by atoms with Crippen molar-refractivity contribution in [1.29, 1.82) is 0 Å². The van der Waals surface area contributed by atoms with Gasteiger partial charge >= 0.3 is 0 Å². The number of aromatic nitrogens is 2. The SMILES string of the molecule is C=N/C(=C\NCCN(C)CCC)c1ccc(-c2cc3sc(-c4ccc5nc(C6CCCN6C)[nH]c5c4)cc3s2)cc1. The van der Waals surface area contributed by atoms with E-state index in [1.165, 1.54) is 49.5 Å². The molecule has 0 spiro atoms. The number of fused-ring (bicyclic) bond motifs is 2. The molecule has 2 N–H and O–H groups in total. The molecular weight excluding hydrogens is 545 g/mol. The van der Waals surface area contributed by atoms with Crippen molar-refractivity contribution in [3.05, 3.63) is 72.2 Å². The lowest BCUT2D eigenvalue weighted by molar-refractivity contribution is 0.307. The minimum atomic E-state index is 0.403. The molecule has 0 radical (unpaired) electrons. The summed E-state index contributed by atoms with van der Waals surface area (Å²) in [5.41, 5.74) is 6.57. The van der Waals surface area contributed by atoms with Crippen molar-refractivity contribution >= 4 is 55.5 Å². The third kappa shape index (κ3) is 6.02. The average Bonchev–Trinajstić information content (AvgIpc) is 3.76. The molecule has 0 saturated carbocycles. The number of likely N-dealkylation sites (N-methyl/N-ethyl adjacent to an activating group) is 1. The molecule has 0 amide bonds. The van der Waals surface area contributed by atoms with Crippen LogP contribution >= 0.6 is 22.7 Å². The average molecular weight is 583 g/mol. The first kappa shape index (κ1) is 27.8. The topological polar surface area (TPSA) is 59.6 Å². The van der Waals surface area contributed by atoms with Crippen LogP contribution in [0.5, 0.6) is 0 Å². The third-order valence-electron chi connectivity index (χ3n) is 7.95. The summed E-state index contributed by atoms with van der Waals surface area (Å²) >= 11 is 3.71. The molecule has 1 saturated heterocycles. The van der Waals surface area contributed by atoms with Crippen molar-refractivity contribution in [3.8, 4) is 20.9 Å². The molecule has 0 aliphatic carbocycles. The molecular formula is C33H38N6S2. The number of hydrogen-bond donors (Lipinski definition) is 2. The van der Waals surface area contributed by atoms with Crippen molar-refractivity contribution < 1.29 is 0 Å². The number of nitrogens with zero attached hydrogens (tertiary/aromatic N) is 4. The van der Waals surface area contributed by atoms with Gasteiger partial charge in [-0.25, -0.2) is 4.98 Å². The zero-order chi connectivity index (χ0) is 28.3. The van der Waals surface area contributed by atoms with Gasteiger partial charge < -0.3 is 15.2 Å². The maximum atomic E-state index is 4.90. The number of benzene rings is 2. The fourth-order valence-corrected chi connectivity index (χ4v) is 8.06. The van der Waals surface area contributed by atoms with E-state index in [1.54, 1.807) is 0 Å². The number of imidazole rings is 1. The van der Waals surface area contributed by atoms with E-state index < -0.39 is 0 Å². The molecule has 1 unspecified atom stereocenters. The Balaban J connectivity index is 1.15. The number of nitrogens with one attached hydrogen (secondary N) is 2.